The molecule has 2 rings (SSSR count). The summed E-state index contributed by atoms with van der Waals surface area (Å²) in [7, 11) is 0. The predicted molar refractivity (Wildman–Crippen MR) is 39.6 cm³/mol. The molecule has 0 aromatic rings. The van der Waals surface area contributed by atoms with Gasteiger partial charge in [0.1, 0.15) is 5.92 Å². The zero-order valence-corrected chi connectivity index (χ0v) is 6.78. The van der Waals surface area contributed by atoms with E-state index in [9.17, 15) is 4.79 Å². The summed E-state index contributed by atoms with van der Waals surface area (Å²) in [6, 6.07) is 0. The van der Waals surface area contributed by atoms with Crippen molar-refractivity contribution in [2.45, 2.75) is 25.0 Å². The van der Waals surface area contributed by atoms with Crippen molar-refractivity contribution >= 4 is 5.97 Å². The van der Waals surface area contributed by atoms with Crippen LogP contribution in [0.1, 0.15) is 19.3 Å². The molecular weight excluding hydrogens is 160 g/mol. The number of carboxylic acids is 1. The fraction of sp³-hybridized carbons (Fsp3) is 0.875. The van der Waals surface area contributed by atoms with Gasteiger partial charge in [-0.2, -0.15) is 0 Å². The van der Waals surface area contributed by atoms with Crippen LogP contribution in [-0.4, -0.2) is 30.1 Å². The lowest BCUT2D eigenvalue weighted by molar-refractivity contribution is -0.208. The summed E-state index contributed by atoms with van der Waals surface area (Å²) in [5, 5.41) is 8.88. The molecule has 12 heavy (non-hydrogen) atoms. The second-order valence-electron chi connectivity index (χ2n) is 3.29. The van der Waals surface area contributed by atoms with E-state index in [0.29, 0.717) is 19.6 Å². The van der Waals surface area contributed by atoms with E-state index >= 15 is 0 Å². The Kier molecular flexibility index (Phi) is 1.81. The molecule has 0 saturated carbocycles. The van der Waals surface area contributed by atoms with E-state index in [1.165, 1.54) is 0 Å². The number of aliphatic carboxylic acids is 1. The minimum atomic E-state index is -0.797. The third-order valence-electron chi connectivity index (χ3n) is 2.60. The SMILES string of the molecule is O=C(O)C1CCOC12CCCO2. The standard InChI is InChI=1S/C8H12O4/c9-7(10)6-2-5-12-8(6)3-1-4-11-8/h6H,1-5H2,(H,9,10). The van der Waals surface area contributed by atoms with Crippen LogP contribution in [0.5, 0.6) is 0 Å². The van der Waals surface area contributed by atoms with E-state index in [2.05, 4.69) is 0 Å². The first-order valence-electron chi connectivity index (χ1n) is 4.25. The van der Waals surface area contributed by atoms with E-state index in [4.69, 9.17) is 14.6 Å². The Morgan fingerprint density at radius 1 is 1.42 bits per heavy atom. The fourth-order valence-electron chi connectivity index (χ4n) is 2.01. The minimum Gasteiger partial charge on any atom is -0.481 e. The van der Waals surface area contributed by atoms with Crippen LogP contribution in [0.15, 0.2) is 0 Å². The van der Waals surface area contributed by atoms with Gasteiger partial charge in [0.05, 0.1) is 13.2 Å². The molecule has 0 radical (unpaired) electrons. The molecule has 0 aromatic carbocycles. The Labute approximate surface area is 70.5 Å². The van der Waals surface area contributed by atoms with Crippen LogP contribution in [0.2, 0.25) is 0 Å². The summed E-state index contributed by atoms with van der Waals surface area (Å²) in [5.74, 6) is -2.03. The molecule has 4 nitrogen and oxygen atoms in total. The second-order valence-corrected chi connectivity index (χ2v) is 3.29. The third-order valence-corrected chi connectivity index (χ3v) is 2.60. The second kappa shape index (κ2) is 2.71. The van der Waals surface area contributed by atoms with Crippen molar-refractivity contribution in [2.75, 3.05) is 13.2 Å². The summed E-state index contributed by atoms with van der Waals surface area (Å²) in [6.07, 6.45) is 2.21. The van der Waals surface area contributed by atoms with Crippen LogP contribution in [0.4, 0.5) is 0 Å². The van der Waals surface area contributed by atoms with Gasteiger partial charge in [0.2, 0.25) is 0 Å². The number of carboxylic acid groups (broad SMARTS) is 1. The first kappa shape index (κ1) is 8.01. The summed E-state index contributed by atoms with van der Waals surface area (Å²) in [4.78, 5) is 10.8. The van der Waals surface area contributed by atoms with Gasteiger partial charge in [0, 0.05) is 6.42 Å². The zero-order valence-electron chi connectivity index (χ0n) is 6.78. The molecule has 2 saturated heterocycles. The highest BCUT2D eigenvalue weighted by molar-refractivity contribution is 5.71. The molecule has 68 valence electrons. The van der Waals surface area contributed by atoms with Crippen molar-refractivity contribution in [3.63, 3.8) is 0 Å². The topological polar surface area (TPSA) is 55.8 Å². The molecule has 0 bridgehead atoms. The molecule has 2 aliphatic heterocycles. The van der Waals surface area contributed by atoms with Crippen LogP contribution >= 0.6 is 0 Å². The van der Waals surface area contributed by atoms with E-state index < -0.39 is 17.7 Å². The van der Waals surface area contributed by atoms with Crippen LogP contribution in [0.25, 0.3) is 0 Å². The van der Waals surface area contributed by atoms with Gasteiger partial charge in [0.15, 0.2) is 5.79 Å². The van der Waals surface area contributed by atoms with E-state index in [1.807, 2.05) is 0 Å². The van der Waals surface area contributed by atoms with Gasteiger partial charge in [-0.05, 0) is 12.8 Å². The van der Waals surface area contributed by atoms with E-state index in [0.717, 1.165) is 12.8 Å². The molecule has 0 amide bonds. The normalized spacial score (nSPS) is 40.8. The molecule has 0 aliphatic carbocycles. The monoisotopic (exact) mass is 172 g/mol. The van der Waals surface area contributed by atoms with Crippen molar-refractivity contribution in [1.82, 2.24) is 0 Å². The van der Waals surface area contributed by atoms with Gasteiger partial charge < -0.3 is 14.6 Å². The largest absolute Gasteiger partial charge is 0.481 e. The maximum Gasteiger partial charge on any atom is 0.312 e. The summed E-state index contributed by atoms with van der Waals surface area (Å²) < 4.78 is 10.7. The van der Waals surface area contributed by atoms with E-state index in [1.54, 1.807) is 0 Å². The average molecular weight is 172 g/mol. The Hall–Kier alpha value is -0.610. The van der Waals surface area contributed by atoms with Gasteiger partial charge >= 0.3 is 5.97 Å². The number of rotatable bonds is 1. The fourth-order valence-corrected chi connectivity index (χ4v) is 2.01. The van der Waals surface area contributed by atoms with Crippen molar-refractivity contribution in [2.24, 2.45) is 5.92 Å². The van der Waals surface area contributed by atoms with Crippen molar-refractivity contribution in [1.29, 1.82) is 0 Å². The molecule has 4 heteroatoms. The van der Waals surface area contributed by atoms with Gasteiger partial charge in [-0.3, -0.25) is 4.79 Å². The number of ether oxygens (including phenoxy) is 2. The zero-order chi connectivity index (χ0) is 8.60. The molecule has 2 aliphatic rings. The Balaban J connectivity index is 2.17. The summed E-state index contributed by atoms with van der Waals surface area (Å²) in [5.41, 5.74) is 0. The number of hydrogen-bond donors (Lipinski definition) is 1. The molecule has 2 fully saturated rings. The smallest absolute Gasteiger partial charge is 0.312 e. The predicted octanol–water partition coefficient (Wildman–Crippen LogP) is 0.614. The molecule has 0 aromatic heterocycles. The summed E-state index contributed by atoms with van der Waals surface area (Å²) in [6.45, 7) is 1.14. The highest BCUT2D eigenvalue weighted by atomic mass is 16.7. The Morgan fingerprint density at radius 3 is 2.75 bits per heavy atom. The molecule has 1 spiro atoms. The maximum absolute atomic E-state index is 10.8. The van der Waals surface area contributed by atoms with Gasteiger partial charge in [-0.15, -0.1) is 0 Å². The van der Waals surface area contributed by atoms with Crippen molar-refractivity contribution in [3.05, 3.63) is 0 Å². The van der Waals surface area contributed by atoms with Crippen LogP contribution in [-0.2, 0) is 14.3 Å². The molecule has 2 unspecified atom stereocenters. The van der Waals surface area contributed by atoms with Crippen molar-refractivity contribution < 1.29 is 19.4 Å². The molecular formula is C8H12O4. The van der Waals surface area contributed by atoms with Crippen LogP contribution in [0.3, 0.4) is 0 Å². The third kappa shape index (κ3) is 1.03. The van der Waals surface area contributed by atoms with Gasteiger partial charge in [-0.25, -0.2) is 0 Å². The molecule has 2 heterocycles. The first-order valence-corrected chi connectivity index (χ1v) is 4.25. The molecule has 2 atom stereocenters. The lowest BCUT2D eigenvalue weighted by Gasteiger charge is -2.25. The quantitative estimate of drug-likeness (QED) is 0.629. The highest BCUT2D eigenvalue weighted by Crippen LogP contribution is 2.40. The van der Waals surface area contributed by atoms with Crippen LogP contribution in [0, 0.1) is 5.92 Å². The lowest BCUT2D eigenvalue weighted by atomic mass is 9.96. The Bertz CT molecular complexity index is 190. The van der Waals surface area contributed by atoms with Crippen molar-refractivity contribution in [3.8, 4) is 0 Å². The Morgan fingerprint density at radius 2 is 2.17 bits per heavy atom. The minimum absolute atomic E-state index is 0.458. The van der Waals surface area contributed by atoms with Gasteiger partial charge in [-0.1, -0.05) is 0 Å². The number of hydrogen-bond acceptors (Lipinski definition) is 3. The molecule has 1 N–H and O–H groups in total. The average Bonchev–Trinajstić information content (AvgIpc) is 2.61. The maximum atomic E-state index is 10.8. The first-order chi connectivity index (χ1) is 5.75. The highest BCUT2D eigenvalue weighted by Gasteiger charge is 2.51. The number of carbonyl (C=O) groups is 1. The summed E-state index contributed by atoms with van der Waals surface area (Å²) >= 11 is 0. The van der Waals surface area contributed by atoms with E-state index in [-0.39, 0.29) is 0 Å². The van der Waals surface area contributed by atoms with Gasteiger partial charge in [0.25, 0.3) is 0 Å². The lowest BCUT2D eigenvalue weighted by Crippen LogP contribution is -2.38. The van der Waals surface area contributed by atoms with Crippen LogP contribution < -0.4 is 0 Å².